The van der Waals surface area contributed by atoms with E-state index in [0.717, 1.165) is 54.5 Å². The first-order valence-corrected chi connectivity index (χ1v) is 9.01. The number of methoxy groups -OCH3 is 1. The van der Waals surface area contributed by atoms with Crippen LogP contribution >= 0.6 is 11.3 Å². The molecule has 1 aromatic carbocycles. The van der Waals surface area contributed by atoms with Crippen LogP contribution in [0.4, 0.5) is 0 Å². The van der Waals surface area contributed by atoms with E-state index in [1.807, 2.05) is 40.4 Å². The van der Waals surface area contributed by atoms with Crippen LogP contribution < -0.4 is 4.74 Å². The molecule has 1 atom stereocenters. The summed E-state index contributed by atoms with van der Waals surface area (Å²) in [6.45, 7) is 1.58. The van der Waals surface area contributed by atoms with Gasteiger partial charge in [-0.25, -0.2) is 9.67 Å². The minimum atomic E-state index is 0.221. The average molecular weight is 341 g/mol. The monoisotopic (exact) mass is 341 g/mol. The van der Waals surface area contributed by atoms with Crippen LogP contribution in [0.25, 0.3) is 22.8 Å². The van der Waals surface area contributed by atoms with Gasteiger partial charge in [0.15, 0.2) is 11.6 Å². The highest BCUT2D eigenvalue weighted by Crippen LogP contribution is 2.26. The summed E-state index contributed by atoms with van der Waals surface area (Å²) in [5, 5.41) is 8.85. The fourth-order valence-corrected chi connectivity index (χ4v) is 3.55. The van der Waals surface area contributed by atoms with Crippen molar-refractivity contribution in [3.8, 4) is 28.5 Å². The maximum Gasteiger partial charge on any atom is 0.182 e. The Bertz CT molecular complexity index is 790. The summed E-state index contributed by atoms with van der Waals surface area (Å²) in [6.07, 6.45) is 2.42. The summed E-state index contributed by atoms with van der Waals surface area (Å²) in [5.74, 6) is 2.47. The molecule has 2 aromatic heterocycles. The van der Waals surface area contributed by atoms with Crippen molar-refractivity contribution < 1.29 is 9.47 Å². The first kappa shape index (κ1) is 15.4. The van der Waals surface area contributed by atoms with Crippen LogP contribution in [0.2, 0.25) is 0 Å². The normalized spacial score (nSPS) is 17.3. The average Bonchev–Trinajstić information content (AvgIpc) is 3.37. The molecule has 0 amide bonds. The number of ether oxygens (including phenoxy) is 2. The predicted molar refractivity (Wildman–Crippen MR) is 94.3 cm³/mol. The molecule has 0 N–H and O–H groups in total. The van der Waals surface area contributed by atoms with Gasteiger partial charge >= 0.3 is 0 Å². The smallest absolute Gasteiger partial charge is 0.182 e. The highest BCUT2D eigenvalue weighted by atomic mass is 32.1. The number of hydrogen-bond donors (Lipinski definition) is 0. The molecule has 1 fully saturated rings. The van der Waals surface area contributed by atoms with E-state index in [-0.39, 0.29) is 6.10 Å². The lowest BCUT2D eigenvalue weighted by Crippen LogP contribution is -2.17. The third kappa shape index (κ3) is 3.07. The van der Waals surface area contributed by atoms with E-state index in [0.29, 0.717) is 0 Å². The maximum absolute atomic E-state index is 5.78. The Kier molecular flexibility index (Phi) is 4.32. The lowest BCUT2D eigenvalue weighted by molar-refractivity contribution is 0.0944. The van der Waals surface area contributed by atoms with Crippen molar-refractivity contribution in [1.82, 2.24) is 14.8 Å². The fraction of sp³-hybridized carbons (Fsp3) is 0.333. The molecule has 1 aliphatic rings. The van der Waals surface area contributed by atoms with Gasteiger partial charge in [0.2, 0.25) is 0 Å². The molecule has 24 heavy (non-hydrogen) atoms. The molecular weight excluding hydrogens is 322 g/mol. The van der Waals surface area contributed by atoms with Gasteiger partial charge in [0, 0.05) is 23.1 Å². The van der Waals surface area contributed by atoms with Crippen LogP contribution in [0, 0.1) is 0 Å². The Balaban J connectivity index is 1.71. The van der Waals surface area contributed by atoms with Gasteiger partial charge in [-0.3, -0.25) is 0 Å². The molecule has 1 unspecified atom stereocenters. The molecule has 124 valence electrons. The minimum Gasteiger partial charge on any atom is -0.497 e. The number of nitrogens with zero attached hydrogens (tertiary/aromatic N) is 3. The van der Waals surface area contributed by atoms with Gasteiger partial charge in [-0.2, -0.15) is 16.4 Å². The quantitative estimate of drug-likeness (QED) is 0.707. The molecule has 3 heterocycles. The van der Waals surface area contributed by atoms with Crippen molar-refractivity contribution >= 4 is 11.3 Å². The molecule has 1 aliphatic heterocycles. The standard InChI is InChI=1S/C18H19N3O2S/c1-22-15-6-4-13(5-7-15)18-19-17(14-8-10-24-12-14)20-21(18)11-16-3-2-9-23-16/h4-8,10,12,16H,2-3,9,11H2,1H3. The second-order valence-corrected chi connectivity index (χ2v) is 6.60. The van der Waals surface area contributed by atoms with Crippen LogP contribution in [-0.2, 0) is 11.3 Å². The van der Waals surface area contributed by atoms with Crippen LogP contribution in [0.3, 0.4) is 0 Å². The predicted octanol–water partition coefficient (Wildman–Crippen LogP) is 3.86. The van der Waals surface area contributed by atoms with Crippen molar-refractivity contribution in [1.29, 1.82) is 0 Å². The van der Waals surface area contributed by atoms with E-state index in [1.165, 1.54) is 0 Å². The van der Waals surface area contributed by atoms with Crippen LogP contribution in [0.15, 0.2) is 41.1 Å². The van der Waals surface area contributed by atoms with Gasteiger partial charge in [0.1, 0.15) is 5.75 Å². The molecule has 5 nitrogen and oxygen atoms in total. The summed E-state index contributed by atoms with van der Waals surface area (Å²) < 4.78 is 13.0. The van der Waals surface area contributed by atoms with E-state index < -0.39 is 0 Å². The van der Waals surface area contributed by atoms with Gasteiger partial charge in [0.25, 0.3) is 0 Å². The molecule has 0 radical (unpaired) electrons. The van der Waals surface area contributed by atoms with Gasteiger partial charge < -0.3 is 9.47 Å². The summed E-state index contributed by atoms with van der Waals surface area (Å²) in [6, 6.07) is 9.99. The van der Waals surface area contributed by atoms with Crippen molar-refractivity contribution in [3.05, 3.63) is 41.1 Å². The SMILES string of the molecule is COc1ccc(-c2nc(-c3ccsc3)nn2CC2CCCO2)cc1. The third-order valence-corrected chi connectivity index (χ3v) is 4.88. The van der Waals surface area contributed by atoms with Gasteiger partial charge in [0.05, 0.1) is 19.8 Å². The number of benzene rings is 1. The van der Waals surface area contributed by atoms with E-state index >= 15 is 0 Å². The molecule has 4 rings (SSSR count). The van der Waals surface area contributed by atoms with Crippen molar-refractivity contribution in [2.75, 3.05) is 13.7 Å². The third-order valence-electron chi connectivity index (χ3n) is 4.20. The highest BCUT2D eigenvalue weighted by Gasteiger charge is 2.20. The minimum absolute atomic E-state index is 0.221. The molecule has 6 heteroatoms. The first-order valence-electron chi connectivity index (χ1n) is 8.07. The number of rotatable bonds is 5. The maximum atomic E-state index is 5.78. The lowest BCUT2D eigenvalue weighted by atomic mass is 10.2. The molecular formula is C18H19N3O2S. The number of thiophene rings is 1. The Morgan fingerprint density at radius 2 is 2.12 bits per heavy atom. The topological polar surface area (TPSA) is 49.2 Å². The summed E-state index contributed by atoms with van der Waals surface area (Å²) in [7, 11) is 1.67. The molecule has 3 aromatic rings. The Morgan fingerprint density at radius 1 is 1.25 bits per heavy atom. The second-order valence-electron chi connectivity index (χ2n) is 5.82. The Morgan fingerprint density at radius 3 is 2.79 bits per heavy atom. The zero-order valence-corrected chi connectivity index (χ0v) is 14.3. The van der Waals surface area contributed by atoms with Gasteiger partial charge in [-0.15, -0.1) is 0 Å². The van der Waals surface area contributed by atoms with Gasteiger partial charge in [-0.1, -0.05) is 0 Å². The Labute approximate surface area is 144 Å². The molecule has 0 aliphatic carbocycles. The zero-order valence-electron chi connectivity index (χ0n) is 13.5. The van der Waals surface area contributed by atoms with Crippen molar-refractivity contribution in [3.63, 3.8) is 0 Å². The Hall–Kier alpha value is -2.18. The summed E-state index contributed by atoms with van der Waals surface area (Å²) in [5.41, 5.74) is 2.09. The largest absolute Gasteiger partial charge is 0.497 e. The molecule has 0 saturated carbocycles. The van der Waals surface area contributed by atoms with E-state index in [1.54, 1.807) is 18.4 Å². The second kappa shape index (κ2) is 6.75. The van der Waals surface area contributed by atoms with E-state index in [4.69, 9.17) is 19.6 Å². The van der Waals surface area contributed by atoms with E-state index in [2.05, 4.69) is 5.38 Å². The number of hydrogen-bond acceptors (Lipinski definition) is 5. The van der Waals surface area contributed by atoms with Gasteiger partial charge in [-0.05, 0) is 48.6 Å². The summed E-state index contributed by atoms with van der Waals surface area (Å²) in [4.78, 5) is 4.78. The van der Waals surface area contributed by atoms with Crippen molar-refractivity contribution in [2.45, 2.75) is 25.5 Å². The molecule has 0 spiro atoms. The molecule has 1 saturated heterocycles. The zero-order chi connectivity index (χ0) is 16.4. The fourth-order valence-electron chi connectivity index (χ4n) is 2.92. The van der Waals surface area contributed by atoms with Crippen molar-refractivity contribution in [2.24, 2.45) is 0 Å². The van der Waals surface area contributed by atoms with Crippen LogP contribution in [0.5, 0.6) is 5.75 Å². The van der Waals surface area contributed by atoms with Crippen LogP contribution in [-0.4, -0.2) is 34.6 Å². The summed E-state index contributed by atoms with van der Waals surface area (Å²) >= 11 is 1.65. The van der Waals surface area contributed by atoms with Crippen LogP contribution in [0.1, 0.15) is 12.8 Å². The first-order chi connectivity index (χ1) is 11.8. The lowest BCUT2D eigenvalue weighted by Gasteiger charge is -2.11. The number of aromatic nitrogens is 3. The van der Waals surface area contributed by atoms with E-state index in [9.17, 15) is 0 Å². The highest BCUT2D eigenvalue weighted by molar-refractivity contribution is 7.08. The molecule has 0 bridgehead atoms.